The van der Waals surface area contributed by atoms with Crippen LogP contribution in [0.4, 0.5) is 11.8 Å². The number of pyridine rings is 1. The van der Waals surface area contributed by atoms with Gasteiger partial charge in [-0.2, -0.15) is 0 Å². The average molecular weight is 496 g/mol. The van der Waals surface area contributed by atoms with Crippen LogP contribution in [0.25, 0.3) is 11.1 Å². The number of halogens is 1. The lowest BCUT2D eigenvalue weighted by molar-refractivity contribution is -0.128. The van der Waals surface area contributed by atoms with E-state index in [4.69, 9.17) is 5.73 Å². The number of likely N-dealkylation sites (N-methyl/N-ethyl adjacent to an activating group) is 1. The lowest BCUT2D eigenvalue weighted by atomic mass is 10.1. The number of anilines is 2. The molecule has 1 aliphatic heterocycles. The minimum Gasteiger partial charge on any atom is -0.353 e. The maximum absolute atomic E-state index is 11.7. The number of rotatable bonds is 6. The molecular weight excluding hydrogens is 470 g/mol. The van der Waals surface area contributed by atoms with Crippen molar-refractivity contribution in [2.45, 2.75) is 6.54 Å². The Kier molecular flexibility index (Phi) is 6.96. The van der Waals surface area contributed by atoms with E-state index in [-0.39, 0.29) is 12.5 Å². The van der Waals surface area contributed by atoms with Crippen molar-refractivity contribution in [3.05, 3.63) is 65.0 Å². The zero-order valence-corrected chi connectivity index (χ0v) is 19.6. The highest BCUT2D eigenvalue weighted by Crippen LogP contribution is 2.22. The number of amides is 1. The van der Waals surface area contributed by atoms with Gasteiger partial charge in [0.2, 0.25) is 11.9 Å². The van der Waals surface area contributed by atoms with Crippen LogP contribution in [0.2, 0.25) is 0 Å². The molecule has 8 nitrogen and oxygen atoms in total. The Labute approximate surface area is 196 Å². The highest BCUT2D eigenvalue weighted by atomic mass is 79.9. The number of carbonyl (C=O) groups is 1. The Balaban J connectivity index is 1.39. The quantitative estimate of drug-likeness (QED) is 0.561. The van der Waals surface area contributed by atoms with Gasteiger partial charge in [-0.3, -0.25) is 4.79 Å². The van der Waals surface area contributed by atoms with Crippen molar-refractivity contribution in [2.24, 2.45) is 5.73 Å². The first-order valence-electron chi connectivity index (χ1n) is 10.5. The Morgan fingerprint density at radius 1 is 1.00 bits per heavy atom. The summed E-state index contributed by atoms with van der Waals surface area (Å²) in [5.74, 6) is 1.64. The minimum atomic E-state index is -0.0842. The number of nitrogens with two attached hydrogens (primary N) is 1. The van der Waals surface area contributed by atoms with E-state index < -0.39 is 0 Å². The molecule has 9 heteroatoms. The fourth-order valence-electron chi connectivity index (χ4n) is 3.69. The average Bonchev–Trinajstić information content (AvgIpc) is 2.84. The molecule has 2 aromatic heterocycles. The number of nitrogens with zero attached hydrogens (tertiary/aromatic N) is 6. The Hall–Kier alpha value is -3.04. The first-order chi connectivity index (χ1) is 15.5. The number of hydrogen-bond acceptors (Lipinski definition) is 7. The molecule has 4 rings (SSSR count). The SMILES string of the molecule is CN(Cc1cccc(-c2cnc(N3CCN(c4ccc(Br)cn4)CC3)nc2)c1)C(=O)CN. The number of carbonyl (C=O) groups excluding carboxylic acids is 1. The molecule has 1 fully saturated rings. The van der Waals surface area contributed by atoms with Gasteiger partial charge >= 0.3 is 0 Å². The maximum atomic E-state index is 11.7. The van der Waals surface area contributed by atoms with Crippen LogP contribution >= 0.6 is 15.9 Å². The number of benzene rings is 1. The topological polar surface area (TPSA) is 91.5 Å². The summed E-state index contributed by atoms with van der Waals surface area (Å²) >= 11 is 3.43. The number of hydrogen-bond donors (Lipinski definition) is 1. The van der Waals surface area contributed by atoms with Crippen LogP contribution in [-0.4, -0.2) is 65.5 Å². The molecule has 0 aliphatic carbocycles. The van der Waals surface area contributed by atoms with E-state index in [2.05, 4.69) is 46.7 Å². The molecule has 3 heterocycles. The predicted molar refractivity (Wildman–Crippen MR) is 129 cm³/mol. The molecule has 1 amide bonds. The number of piperazine rings is 1. The zero-order valence-electron chi connectivity index (χ0n) is 18.0. The van der Waals surface area contributed by atoms with Gasteiger partial charge in [-0.15, -0.1) is 0 Å². The van der Waals surface area contributed by atoms with Crippen LogP contribution in [0.1, 0.15) is 5.56 Å². The first kappa shape index (κ1) is 22.2. The molecule has 0 atom stereocenters. The van der Waals surface area contributed by atoms with Crippen molar-refractivity contribution >= 4 is 33.6 Å². The molecule has 0 bridgehead atoms. The van der Waals surface area contributed by atoms with Crippen LogP contribution in [0.5, 0.6) is 0 Å². The summed E-state index contributed by atoms with van der Waals surface area (Å²) in [4.78, 5) is 31.6. The lowest BCUT2D eigenvalue weighted by Crippen LogP contribution is -2.47. The van der Waals surface area contributed by atoms with Gasteiger partial charge in [-0.05, 0) is 45.3 Å². The predicted octanol–water partition coefficient (Wildman–Crippen LogP) is 2.54. The van der Waals surface area contributed by atoms with Gasteiger partial charge < -0.3 is 20.4 Å². The monoisotopic (exact) mass is 495 g/mol. The molecule has 0 saturated carbocycles. The van der Waals surface area contributed by atoms with Crippen LogP contribution < -0.4 is 15.5 Å². The molecule has 3 aromatic rings. The second-order valence-corrected chi connectivity index (χ2v) is 8.65. The van der Waals surface area contributed by atoms with Crippen LogP contribution in [0.15, 0.2) is 59.5 Å². The molecule has 166 valence electrons. The molecule has 0 spiro atoms. The van der Waals surface area contributed by atoms with E-state index >= 15 is 0 Å². The van der Waals surface area contributed by atoms with Crippen molar-refractivity contribution in [1.82, 2.24) is 19.9 Å². The van der Waals surface area contributed by atoms with Crippen molar-refractivity contribution in [2.75, 3.05) is 49.6 Å². The van der Waals surface area contributed by atoms with Gasteiger partial charge in [0.1, 0.15) is 5.82 Å². The summed E-state index contributed by atoms with van der Waals surface area (Å²) in [5.41, 5.74) is 8.45. The summed E-state index contributed by atoms with van der Waals surface area (Å²) in [7, 11) is 1.76. The van der Waals surface area contributed by atoms with Crippen molar-refractivity contribution in [1.29, 1.82) is 0 Å². The summed E-state index contributed by atoms with van der Waals surface area (Å²) in [5, 5.41) is 0. The smallest absolute Gasteiger partial charge is 0.236 e. The van der Waals surface area contributed by atoms with Crippen molar-refractivity contribution < 1.29 is 4.79 Å². The van der Waals surface area contributed by atoms with E-state index in [1.165, 1.54) is 0 Å². The van der Waals surface area contributed by atoms with Gasteiger partial charge in [-0.25, -0.2) is 15.0 Å². The van der Waals surface area contributed by atoms with Crippen LogP contribution in [-0.2, 0) is 11.3 Å². The van der Waals surface area contributed by atoms with E-state index in [1.54, 1.807) is 11.9 Å². The minimum absolute atomic E-state index is 0.0133. The molecule has 1 saturated heterocycles. The zero-order chi connectivity index (χ0) is 22.5. The summed E-state index contributed by atoms with van der Waals surface area (Å²) < 4.78 is 0.981. The maximum Gasteiger partial charge on any atom is 0.236 e. The van der Waals surface area contributed by atoms with Crippen molar-refractivity contribution in [3.63, 3.8) is 0 Å². The van der Waals surface area contributed by atoms with Gasteiger partial charge in [-0.1, -0.05) is 18.2 Å². The van der Waals surface area contributed by atoms with Gasteiger partial charge in [0.05, 0.1) is 6.54 Å². The molecule has 2 N–H and O–H groups in total. The molecule has 0 unspecified atom stereocenters. The lowest BCUT2D eigenvalue weighted by Gasteiger charge is -2.35. The Bertz CT molecular complexity index is 1050. The largest absolute Gasteiger partial charge is 0.353 e. The molecular formula is C23H26BrN7O. The standard InChI is InChI=1S/C23H26BrN7O/c1-29(22(32)12-25)16-17-3-2-4-18(11-17)19-13-27-23(28-14-19)31-9-7-30(8-10-31)21-6-5-20(24)15-26-21/h2-6,11,13-15H,7-10,12,16,25H2,1H3. The molecule has 1 aromatic carbocycles. The van der Waals surface area contributed by atoms with E-state index in [0.717, 1.165) is 59.1 Å². The van der Waals surface area contributed by atoms with Gasteiger partial charge in [0, 0.05) is 68.4 Å². The van der Waals surface area contributed by atoms with Gasteiger partial charge in [0.25, 0.3) is 0 Å². The molecule has 32 heavy (non-hydrogen) atoms. The van der Waals surface area contributed by atoms with E-state index in [1.807, 2.05) is 48.9 Å². The second-order valence-electron chi connectivity index (χ2n) is 7.73. The third-order valence-electron chi connectivity index (χ3n) is 5.52. The van der Waals surface area contributed by atoms with Crippen molar-refractivity contribution in [3.8, 4) is 11.1 Å². The normalized spacial score (nSPS) is 13.8. The fourth-order valence-corrected chi connectivity index (χ4v) is 3.93. The third kappa shape index (κ3) is 5.23. The summed E-state index contributed by atoms with van der Waals surface area (Å²) in [6, 6.07) is 12.1. The second kappa shape index (κ2) is 10.1. The third-order valence-corrected chi connectivity index (χ3v) is 5.99. The fraction of sp³-hybridized carbons (Fsp3) is 0.304. The highest BCUT2D eigenvalue weighted by molar-refractivity contribution is 9.10. The first-order valence-corrected chi connectivity index (χ1v) is 11.3. The molecule has 1 aliphatic rings. The Morgan fingerprint density at radius 3 is 2.38 bits per heavy atom. The van der Waals surface area contributed by atoms with Gasteiger partial charge in [0.15, 0.2) is 0 Å². The molecule has 0 radical (unpaired) electrons. The summed E-state index contributed by atoms with van der Waals surface area (Å²) in [6.07, 6.45) is 5.55. The van der Waals surface area contributed by atoms with E-state index in [0.29, 0.717) is 6.54 Å². The van der Waals surface area contributed by atoms with Crippen LogP contribution in [0.3, 0.4) is 0 Å². The van der Waals surface area contributed by atoms with E-state index in [9.17, 15) is 4.79 Å². The Morgan fingerprint density at radius 2 is 1.72 bits per heavy atom. The summed E-state index contributed by atoms with van der Waals surface area (Å²) in [6.45, 7) is 3.95. The van der Waals surface area contributed by atoms with Crippen LogP contribution in [0, 0.1) is 0 Å². The highest BCUT2D eigenvalue weighted by Gasteiger charge is 2.20. The number of aromatic nitrogens is 3.